The molecule has 2 aromatic carbocycles. The van der Waals surface area contributed by atoms with E-state index in [-0.39, 0.29) is 5.91 Å². The smallest absolute Gasteiger partial charge is 0.253 e. The lowest BCUT2D eigenvalue weighted by molar-refractivity contribution is -0.151. The molecule has 2 aliphatic heterocycles. The summed E-state index contributed by atoms with van der Waals surface area (Å²) in [5.74, 6) is 1.87. The number of fused-ring (bicyclic) bond motifs is 2. The van der Waals surface area contributed by atoms with E-state index >= 15 is 0 Å². The van der Waals surface area contributed by atoms with Crippen molar-refractivity contribution in [1.29, 1.82) is 0 Å². The van der Waals surface area contributed by atoms with Crippen LogP contribution in [-0.4, -0.2) is 65.8 Å². The van der Waals surface area contributed by atoms with Crippen molar-refractivity contribution < 1.29 is 19.0 Å². The molecule has 0 bridgehead atoms. The van der Waals surface area contributed by atoms with Crippen LogP contribution < -0.4 is 9.47 Å². The molecule has 3 heterocycles. The van der Waals surface area contributed by atoms with Crippen LogP contribution in [0.1, 0.15) is 31.4 Å². The minimum atomic E-state index is -0.512. The third kappa shape index (κ3) is 5.74. The zero-order valence-electron chi connectivity index (χ0n) is 21.9. The second kappa shape index (κ2) is 11.3. The number of carbonyl (C=O) groups is 1. The largest absolute Gasteiger partial charge is 0.490 e. The van der Waals surface area contributed by atoms with Crippen molar-refractivity contribution >= 4 is 28.4 Å². The lowest BCUT2D eigenvalue weighted by Gasteiger charge is -2.35. The Morgan fingerprint density at radius 3 is 2.70 bits per heavy atom. The average Bonchev–Trinajstić information content (AvgIpc) is 3.04. The topological polar surface area (TPSA) is 56.2 Å². The van der Waals surface area contributed by atoms with Crippen LogP contribution in [0.25, 0.3) is 10.9 Å². The quantitative estimate of drug-likeness (QED) is 0.440. The summed E-state index contributed by atoms with van der Waals surface area (Å²) in [5.41, 5.74) is 3.23. The van der Waals surface area contributed by atoms with Gasteiger partial charge < -0.3 is 23.7 Å². The van der Waals surface area contributed by atoms with Gasteiger partial charge in [-0.3, -0.25) is 9.69 Å². The third-order valence-electron chi connectivity index (χ3n) is 7.02. The van der Waals surface area contributed by atoms with Gasteiger partial charge in [-0.2, -0.15) is 0 Å². The number of nitrogens with zero attached hydrogens (tertiary/aromatic N) is 3. The second-order valence-corrected chi connectivity index (χ2v) is 10.7. The van der Waals surface area contributed by atoms with E-state index in [1.54, 1.807) is 0 Å². The van der Waals surface area contributed by atoms with Crippen molar-refractivity contribution in [3.05, 3.63) is 58.7 Å². The normalized spacial score (nSPS) is 18.2. The fourth-order valence-corrected chi connectivity index (χ4v) is 5.47. The highest BCUT2D eigenvalue weighted by molar-refractivity contribution is 6.32. The molecule has 1 aromatic heterocycles. The molecule has 0 N–H and O–H groups in total. The van der Waals surface area contributed by atoms with E-state index in [0.29, 0.717) is 51.9 Å². The van der Waals surface area contributed by atoms with Crippen LogP contribution >= 0.6 is 11.6 Å². The first-order valence-electron chi connectivity index (χ1n) is 13.1. The van der Waals surface area contributed by atoms with Crippen LogP contribution in [0.3, 0.4) is 0 Å². The Hall–Kier alpha value is -2.74. The molecular weight excluding hydrogens is 490 g/mol. The van der Waals surface area contributed by atoms with Crippen LogP contribution in [0.5, 0.6) is 11.5 Å². The van der Waals surface area contributed by atoms with Crippen LogP contribution in [0.15, 0.2) is 42.5 Å². The molecule has 37 heavy (non-hydrogen) atoms. The molecule has 0 saturated carbocycles. The Morgan fingerprint density at radius 1 is 1.11 bits per heavy atom. The molecule has 1 amide bonds. The molecule has 3 aromatic rings. The monoisotopic (exact) mass is 525 g/mol. The van der Waals surface area contributed by atoms with Crippen molar-refractivity contribution in [2.75, 3.05) is 39.5 Å². The minimum absolute atomic E-state index is 0.0227. The predicted octanol–water partition coefficient (Wildman–Crippen LogP) is 4.88. The summed E-state index contributed by atoms with van der Waals surface area (Å²) in [4.78, 5) is 17.9. The lowest BCUT2D eigenvalue weighted by atomic mass is 10.1. The highest BCUT2D eigenvalue weighted by Crippen LogP contribution is 2.32. The number of para-hydroxylation sites is 1. The first-order chi connectivity index (χ1) is 17.9. The second-order valence-electron chi connectivity index (χ2n) is 10.4. The number of aryl methyl sites for hydroxylation is 1. The van der Waals surface area contributed by atoms with Gasteiger partial charge >= 0.3 is 0 Å². The van der Waals surface area contributed by atoms with E-state index in [1.807, 2.05) is 46.8 Å². The Labute approximate surface area is 223 Å². The molecule has 5 rings (SSSR count). The predicted molar refractivity (Wildman–Crippen MR) is 145 cm³/mol. The van der Waals surface area contributed by atoms with Crippen molar-refractivity contribution in [3.63, 3.8) is 0 Å². The fourth-order valence-electron chi connectivity index (χ4n) is 5.21. The van der Waals surface area contributed by atoms with E-state index in [1.165, 1.54) is 0 Å². The molecule has 0 radical (unpaired) electrons. The number of halogens is 1. The molecule has 198 valence electrons. The minimum Gasteiger partial charge on any atom is -0.490 e. The van der Waals surface area contributed by atoms with E-state index in [0.717, 1.165) is 51.6 Å². The lowest BCUT2D eigenvalue weighted by Crippen LogP contribution is -2.51. The molecule has 2 aliphatic rings. The summed E-state index contributed by atoms with van der Waals surface area (Å²) >= 11 is 6.72. The SMILES string of the molecule is CC(C)CN(Cc1ccc2c(c1)OCCCO2)C(=O)C1CN(Cc2c(Cl)n(C)c3ccccc23)CCO1. The van der Waals surface area contributed by atoms with E-state index in [9.17, 15) is 4.79 Å². The van der Waals surface area contributed by atoms with Gasteiger partial charge in [0.15, 0.2) is 11.5 Å². The van der Waals surface area contributed by atoms with Gasteiger partial charge in [-0.05, 0) is 29.7 Å². The molecule has 1 saturated heterocycles. The van der Waals surface area contributed by atoms with E-state index < -0.39 is 6.10 Å². The van der Waals surface area contributed by atoms with Gasteiger partial charge in [-0.25, -0.2) is 0 Å². The number of aromatic nitrogens is 1. The van der Waals surface area contributed by atoms with Crippen LogP contribution in [0.2, 0.25) is 5.15 Å². The summed E-state index contributed by atoms with van der Waals surface area (Å²) in [6.45, 7) is 9.20. The number of hydrogen-bond acceptors (Lipinski definition) is 5. The van der Waals surface area contributed by atoms with E-state index in [4.69, 9.17) is 25.8 Å². The zero-order chi connectivity index (χ0) is 25.9. The van der Waals surface area contributed by atoms with Gasteiger partial charge in [0.05, 0.1) is 19.8 Å². The highest BCUT2D eigenvalue weighted by atomic mass is 35.5. The Morgan fingerprint density at radius 2 is 1.89 bits per heavy atom. The Balaban J connectivity index is 1.30. The van der Waals surface area contributed by atoms with Crippen LogP contribution in [-0.2, 0) is 29.7 Å². The number of benzene rings is 2. The summed E-state index contributed by atoms with van der Waals surface area (Å²) in [7, 11) is 1.99. The maximum Gasteiger partial charge on any atom is 0.253 e. The molecule has 0 spiro atoms. The molecule has 1 atom stereocenters. The van der Waals surface area contributed by atoms with Crippen molar-refractivity contribution in [1.82, 2.24) is 14.4 Å². The van der Waals surface area contributed by atoms with Gasteiger partial charge in [0.2, 0.25) is 0 Å². The summed E-state index contributed by atoms with van der Waals surface area (Å²) in [6, 6.07) is 14.2. The highest BCUT2D eigenvalue weighted by Gasteiger charge is 2.31. The third-order valence-corrected chi connectivity index (χ3v) is 7.51. The van der Waals surface area contributed by atoms with Crippen LogP contribution in [0, 0.1) is 5.92 Å². The maximum atomic E-state index is 13.8. The first-order valence-corrected chi connectivity index (χ1v) is 13.5. The number of rotatable bonds is 7. The van der Waals surface area contributed by atoms with Gasteiger partial charge in [-0.15, -0.1) is 0 Å². The van der Waals surface area contributed by atoms with Gasteiger partial charge in [0.1, 0.15) is 11.3 Å². The fraction of sp³-hybridized carbons (Fsp3) is 0.483. The van der Waals surface area contributed by atoms with E-state index in [2.05, 4.69) is 30.9 Å². The number of ether oxygens (including phenoxy) is 3. The molecule has 1 unspecified atom stereocenters. The summed E-state index contributed by atoms with van der Waals surface area (Å²) < 4.78 is 19.7. The molecule has 8 heteroatoms. The van der Waals surface area contributed by atoms with Gasteiger partial charge in [0.25, 0.3) is 5.91 Å². The summed E-state index contributed by atoms with van der Waals surface area (Å²) in [5, 5.41) is 1.90. The van der Waals surface area contributed by atoms with Crippen molar-refractivity contribution in [2.24, 2.45) is 13.0 Å². The molecule has 7 nitrogen and oxygen atoms in total. The number of morpholine rings is 1. The van der Waals surface area contributed by atoms with Gasteiger partial charge in [-0.1, -0.05) is 49.7 Å². The number of hydrogen-bond donors (Lipinski definition) is 0. The molecule has 0 aliphatic carbocycles. The molecular formula is C29H36ClN3O4. The van der Waals surface area contributed by atoms with Gasteiger partial charge in [0, 0.05) is 62.7 Å². The number of amides is 1. The zero-order valence-corrected chi connectivity index (χ0v) is 22.7. The maximum absolute atomic E-state index is 13.8. The summed E-state index contributed by atoms with van der Waals surface area (Å²) in [6.07, 6.45) is 0.350. The average molecular weight is 526 g/mol. The van der Waals surface area contributed by atoms with Crippen molar-refractivity contribution in [2.45, 2.75) is 39.5 Å². The van der Waals surface area contributed by atoms with Crippen molar-refractivity contribution in [3.8, 4) is 11.5 Å². The first kappa shape index (κ1) is 25.9. The number of carbonyl (C=O) groups excluding carboxylic acids is 1. The Kier molecular flexibility index (Phi) is 7.93. The van der Waals surface area contributed by atoms with Crippen LogP contribution in [0.4, 0.5) is 0 Å². The molecule has 1 fully saturated rings. The standard InChI is InChI=1S/C29H36ClN3O4/c1-20(2)16-33(17-21-9-10-25-26(15-21)36-13-6-12-35-25)29(34)27-19-32(11-14-37-27)18-23-22-7-4-5-8-24(22)31(3)28(23)30/h4-5,7-10,15,20,27H,6,11-14,16-19H2,1-3H3. The Bertz CT molecular complexity index is 1260.